The van der Waals surface area contributed by atoms with Gasteiger partial charge in [0.2, 0.25) is 0 Å². The number of nitrogens with zero attached hydrogens (tertiary/aromatic N) is 1. The molecule has 0 bridgehead atoms. The monoisotopic (exact) mass is 255 g/mol. The zero-order valence-corrected chi connectivity index (χ0v) is 10.4. The molecule has 1 aromatic heterocycles. The maximum Gasteiger partial charge on any atom is 0.258 e. The fourth-order valence-electron chi connectivity index (χ4n) is 1.96. The third-order valence-electron chi connectivity index (χ3n) is 3.40. The van der Waals surface area contributed by atoms with E-state index in [2.05, 4.69) is 9.71 Å². The lowest BCUT2D eigenvalue weighted by atomic mass is 9.69. The van der Waals surface area contributed by atoms with Crippen LogP contribution in [0.15, 0.2) is 29.4 Å². The van der Waals surface area contributed by atoms with Gasteiger partial charge in [-0.15, -0.1) is 0 Å². The Hall–Kier alpha value is -0.980. The van der Waals surface area contributed by atoms with E-state index in [-0.39, 0.29) is 10.4 Å². The van der Waals surface area contributed by atoms with Crippen LogP contribution in [0.5, 0.6) is 0 Å². The van der Waals surface area contributed by atoms with Crippen molar-refractivity contribution in [3.05, 3.63) is 24.4 Å². The van der Waals surface area contributed by atoms with Gasteiger partial charge in [0.15, 0.2) is 5.03 Å². The Morgan fingerprint density at radius 2 is 2.18 bits per heavy atom. The quantitative estimate of drug-likeness (QED) is 0.802. The van der Waals surface area contributed by atoms with Gasteiger partial charge in [0, 0.05) is 12.7 Å². The summed E-state index contributed by atoms with van der Waals surface area (Å²) >= 11 is 0. The maximum atomic E-state index is 11.9. The highest BCUT2D eigenvalue weighted by atomic mass is 32.2. The Kier molecular flexibility index (Phi) is 3.46. The minimum absolute atomic E-state index is 0.0398. The first-order valence-corrected chi connectivity index (χ1v) is 7.17. The summed E-state index contributed by atoms with van der Waals surface area (Å²) in [7, 11) is -3.50. The molecule has 3 N–H and O–H groups in total. The average molecular weight is 255 g/mol. The normalized spacial score (nSPS) is 18.6. The molecule has 0 atom stereocenters. The van der Waals surface area contributed by atoms with Gasteiger partial charge < -0.3 is 5.73 Å². The van der Waals surface area contributed by atoms with E-state index in [1.54, 1.807) is 12.1 Å². The van der Waals surface area contributed by atoms with Gasteiger partial charge in [-0.05, 0) is 36.9 Å². The van der Waals surface area contributed by atoms with Crippen molar-refractivity contribution in [3.63, 3.8) is 0 Å². The van der Waals surface area contributed by atoms with Gasteiger partial charge in [-0.3, -0.25) is 0 Å². The molecule has 17 heavy (non-hydrogen) atoms. The molecular formula is C11H17N3O2S. The predicted octanol–water partition coefficient (Wildman–Crippen LogP) is 0.489. The second kappa shape index (κ2) is 4.72. The fraction of sp³-hybridized carbons (Fsp3) is 0.545. The average Bonchev–Trinajstić information content (AvgIpc) is 2.29. The van der Waals surface area contributed by atoms with Crippen LogP contribution in [0.1, 0.15) is 19.3 Å². The Morgan fingerprint density at radius 3 is 2.65 bits per heavy atom. The Bertz CT molecular complexity index is 463. The first kappa shape index (κ1) is 12.5. The number of nitrogens with one attached hydrogen (secondary N) is 1. The predicted molar refractivity (Wildman–Crippen MR) is 64.8 cm³/mol. The molecule has 2 rings (SSSR count). The van der Waals surface area contributed by atoms with Crippen molar-refractivity contribution in [2.45, 2.75) is 24.3 Å². The van der Waals surface area contributed by atoms with Crippen molar-refractivity contribution in [1.29, 1.82) is 0 Å². The molecule has 0 spiro atoms. The fourth-order valence-corrected chi connectivity index (χ4v) is 3.06. The Morgan fingerprint density at radius 1 is 1.41 bits per heavy atom. The molecule has 1 fully saturated rings. The summed E-state index contributed by atoms with van der Waals surface area (Å²) in [4.78, 5) is 3.84. The van der Waals surface area contributed by atoms with Gasteiger partial charge in [0.05, 0.1) is 0 Å². The van der Waals surface area contributed by atoms with Crippen molar-refractivity contribution >= 4 is 10.0 Å². The Balaban J connectivity index is 2.04. The van der Waals surface area contributed by atoms with Crippen LogP contribution in [0.4, 0.5) is 0 Å². The topological polar surface area (TPSA) is 85.1 Å². The zero-order valence-electron chi connectivity index (χ0n) is 9.59. The maximum absolute atomic E-state index is 11.9. The molecule has 0 aliphatic heterocycles. The van der Waals surface area contributed by atoms with E-state index in [9.17, 15) is 8.42 Å². The van der Waals surface area contributed by atoms with Crippen LogP contribution in [0.2, 0.25) is 0 Å². The second-order valence-electron chi connectivity index (χ2n) is 4.55. The highest BCUT2D eigenvalue weighted by Crippen LogP contribution is 2.39. The van der Waals surface area contributed by atoms with E-state index in [0.29, 0.717) is 13.1 Å². The van der Waals surface area contributed by atoms with Gasteiger partial charge >= 0.3 is 0 Å². The molecule has 1 aromatic rings. The summed E-state index contributed by atoms with van der Waals surface area (Å²) < 4.78 is 26.4. The molecular weight excluding hydrogens is 238 g/mol. The molecule has 1 aliphatic rings. The largest absolute Gasteiger partial charge is 0.330 e. The van der Waals surface area contributed by atoms with Crippen LogP contribution in [-0.4, -0.2) is 26.5 Å². The summed E-state index contributed by atoms with van der Waals surface area (Å²) in [5.74, 6) is 0. The summed E-state index contributed by atoms with van der Waals surface area (Å²) in [6.07, 6.45) is 4.58. The number of hydrogen-bond acceptors (Lipinski definition) is 4. The van der Waals surface area contributed by atoms with Crippen molar-refractivity contribution in [2.24, 2.45) is 11.1 Å². The van der Waals surface area contributed by atoms with Crippen LogP contribution >= 0.6 is 0 Å². The van der Waals surface area contributed by atoms with E-state index in [1.165, 1.54) is 12.3 Å². The summed E-state index contributed by atoms with van der Waals surface area (Å²) in [6.45, 7) is 0.931. The zero-order chi connectivity index (χ0) is 12.4. The second-order valence-corrected chi connectivity index (χ2v) is 6.26. The lowest BCUT2D eigenvalue weighted by Gasteiger charge is -2.40. The third kappa shape index (κ3) is 2.65. The van der Waals surface area contributed by atoms with Crippen LogP contribution in [0.25, 0.3) is 0 Å². The molecule has 1 aliphatic carbocycles. The summed E-state index contributed by atoms with van der Waals surface area (Å²) in [5.41, 5.74) is 5.65. The van der Waals surface area contributed by atoms with Crippen molar-refractivity contribution in [2.75, 3.05) is 13.1 Å². The van der Waals surface area contributed by atoms with Crippen LogP contribution < -0.4 is 10.5 Å². The van der Waals surface area contributed by atoms with Crippen molar-refractivity contribution in [3.8, 4) is 0 Å². The molecule has 6 heteroatoms. The standard InChI is InChI=1S/C11H17N3O2S/c12-8-11(5-3-6-11)9-14-17(15,16)10-4-1-2-7-13-10/h1-2,4,7,14H,3,5-6,8-9,12H2. The molecule has 0 amide bonds. The van der Waals surface area contributed by atoms with Crippen molar-refractivity contribution < 1.29 is 8.42 Å². The van der Waals surface area contributed by atoms with Crippen LogP contribution in [-0.2, 0) is 10.0 Å². The number of hydrogen-bond donors (Lipinski definition) is 2. The number of rotatable bonds is 5. The highest BCUT2D eigenvalue weighted by Gasteiger charge is 2.36. The summed E-state index contributed by atoms with van der Waals surface area (Å²) in [5, 5.41) is 0.0616. The Labute approximate surface area is 101 Å². The van der Waals surface area contributed by atoms with E-state index in [4.69, 9.17) is 5.73 Å². The lowest BCUT2D eigenvalue weighted by molar-refractivity contribution is 0.150. The third-order valence-corrected chi connectivity index (χ3v) is 4.71. The smallest absolute Gasteiger partial charge is 0.258 e. The lowest BCUT2D eigenvalue weighted by Crippen LogP contribution is -2.46. The SMILES string of the molecule is NCC1(CNS(=O)(=O)c2ccccn2)CCC1. The molecule has 94 valence electrons. The van der Waals surface area contributed by atoms with E-state index in [1.807, 2.05) is 0 Å². The summed E-state index contributed by atoms with van der Waals surface area (Å²) in [6, 6.07) is 4.83. The van der Waals surface area contributed by atoms with Crippen LogP contribution in [0, 0.1) is 5.41 Å². The minimum atomic E-state index is -3.50. The van der Waals surface area contributed by atoms with Gasteiger partial charge in [0.1, 0.15) is 0 Å². The molecule has 0 unspecified atom stereocenters. The van der Waals surface area contributed by atoms with Gasteiger partial charge in [-0.2, -0.15) is 0 Å². The number of pyridine rings is 1. The van der Waals surface area contributed by atoms with Crippen molar-refractivity contribution in [1.82, 2.24) is 9.71 Å². The first-order chi connectivity index (χ1) is 8.08. The van der Waals surface area contributed by atoms with Gasteiger partial charge in [-0.25, -0.2) is 18.1 Å². The number of aromatic nitrogens is 1. The van der Waals surface area contributed by atoms with E-state index in [0.717, 1.165) is 19.3 Å². The first-order valence-electron chi connectivity index (χ1n) is 5.69. The molecule has 0 radical (unpaired) electrons. The number of sulfonamides is 1. The van der Waals surface area contributed by atoms with Gasteiger partial charge in [0.25, 0.3) is 10.0 Å². The minimum Gasteiger partial charge on any atom is -0.330 e. The molecule has 5 nitrogen and oxygen atoms in total. The van der Waals surface area contributed by atoms with E-state index < -0.39 is 10.0 Å². The van der Waals surface area contributed by atoms with Crippen LogP contribution in [0.3, 0.4) is 0 Å². The number of nitrogens with two attached hydrogens (primary N) is 1. The highest BCUT2D eigenvalue weighted by molar-refractivity contribution is 7.89. The molecule has 0 saturated heterocycles. The molecule has 1 heterocycles. The molecule has 0 aromatic carbocycles. The van der Waals surface area contributed by atoms with E-state index >= 15 is 0 Å². The molecule has 1 saturated carbocycles. The van der Waals surface area contributed by atoms with Gasteiger partial charge in [-0.1, -0.05) is 12.5 Å².